The molecule has 3 heteroatoms. The lowest BCUT2D eigenvalue weighted by Gasteiger charge is -2.22. The summed E-state index contributed by atoms with van der Waals surface area (Å²) in [6.45, 7) is 2.07. The smallest absolute Gasteiger partial charge is 0.196 e. The lowest BCUT2D eigenvalue weighted by atomic mass is 9.83. The van der Waals surface area contributed by atoms with E-state index < -0.39 is 0 Å². The van der Waals surface area contributed by atoms with E-state index >= 15 is 0 Å². The van der Waals surface area contributed by atoms with Gasteiger partial charge in [0.1, 0.15) is 5.76 Å². The monoisotopic (exact) mass is 285 g/mol. The van der Waals surface area contributed by atoms with E-state index in [1.54, 1.807) is 0 Å². The molecule has 0 saturated heterocycles. The summed E-state index contributed by atoms with van der Waals surface area (Å²) in [5.74, 6) is 2.00. The van der Waals surface area contributed by atoms with Crippen molar-refractivity contribution in [2.75, 3.05) is 12.4 Å². The fraction of sp³-hybridized carbons (Fsp3) is 0.500. The molecule has 3 aliphatic rings. The van der Waals surface area contributed by atoms with Crippen LogP contribution in [0.4, 0.5) is 5.88 Å². The highest BCUT2D eigenvalue weighted by atomic mass is 16.4. The van der Waals surface area contributed by atoms with E-state index in [-0.39, 0.29) is 5.43 Å². The molecule has 1 heterocycles. The zero-order valence-corrected chi connectivity index (χ0v) is 12.9. The number of hydrogen-bond acceptors (Lipinski definition) is 3. The van der Waals surface area contributed by atoms with Crippen molar-refractivity contribution < 1.29 is 4.42 Å². The Morgan fingerprint density at radius 3 is 2.62 bits per heavy atom. The van der Waals surface area contributed by atoms with Gasteiger partial charge in [0.05, 0.1) is 5.56 Å². The molecule has 0 unspecified atom stereocenters. The fourth-order valence-electron chi connectivity index (χ4n) is 3.41. The molecule has 3 nitrogen and oxygen atoms in total. The van der Waals surface area contributed by atoms with Gasteiger partial charge in [-0.2, -0.15) is 0 Å². The normalized spacial score (nSPS) is 16.3. The number of hydrogen-bond donors (Lipinski definition) is 1. The fourth-order valence-corrected chi connectivity index (χ4v) is 3.41. The average molecular weight is 285 g/mol. The van der Waals surface area contributed by atoms with Crippen LogP contribution >= 0.6 is 0 Å². The van der Waals surface area contributed by atoms with E-state index in [0.29, 0.717) is 17.2 Å². The van der Waals surface area contributed by atoms with Crippen molar-refractivity contribution in [2.24, 2.45) is 0 Å². The third kappa shape index (κ3) is 2.69. The van der Waals surface area contributed by atoms with Gasteiger partial charge in [-0.15, -0.1) is 0 Å². The largest absolute Gasteiger partial charge is 0.440 e. The van der Waals surface area contributed by atoms with Crippen molar-refractivity contribution >= 4 is 5.88 Å². The molecule has 1 N–H and O–H groups in total. The molecule has 21 heavy (non-hydrogen) atoms. The Balaban J connectivity index is 2.10. The molecule has 0 radical (unpaired) electrons. The van der Waals surface area contributed by atoms with E-state index in [1.165, 1.54) is 32.1 Å². The van der Waals surface area contributed by atoms with Crippen LogP contribution in [0, 0.1) is 0 Å². The maximum Gasteiger partial charge on any atom is 0.196 e. The number of benzene rings is 1. The minimum atomic E-state index is 0.0918. The van der Waals surface area contributed by atoms with Crippen molar-refractivity contribution in [3.63, 3.8) is 0 Å². The molecular formula is C18H23NO2. The maximum absolute atomic E-state index is 12.4. The predicted molar refractivity (Wildman–Crippen MR) is 86.4 cm³/mol. The molecular weight excluding hydrogens is 262 g/mol. The Hall–Kier alpha value is -1.77. The Labute approximate surface area is 125 Å². The van der Waals surface area contributed by atoms with Gasteiger partial charge in [-0.25, -0.2) is 0 Å². The summed E-state index contributed by atoms with van der Waals surface area (Å²) in [4.78, 5) is 12.4. The number of rotatable bonds is 3. The molecule has 0 spiro atoms. The van der Waals surface area contributed by atoms with Crippen molar-refractivity contribution in [3.8, 4) is 11.3 Å². The third-order valence-electron chi connectivity index (χ3n) is 4.63. The second-order valence-corrected chi connectivity index (χ2v) is 5.97. The van der Waals surface area contributed by atoms with Crippen molar-refractivity contribution in [1.82, 2.24) is 0 Å². The van der Waals surface area contributed by atoms with Gasteiger partial charge in [0.25, 0.3) is 0 Å². The number of anilines is 1. The minimum Gasteiger partial charge on any atom is -0.440 e. The zero-order valence-electron chi connectivity index (χ0n) is 12.9. The Bertz CT molecular complexity index is 653. The molecule has 1 aliphatic heterocycles. The SMILES string of the molecule is CCc1cc2c(=O)cc(C3CCCCC3)cc-2oc1NC. The molecule has 112 valence electrons. The van der Waals surface area contributed by atoms with Crippen molar-refractivity contribution in [3.05, 3.63) is 39.5 Å². The van der Waals surface area contributed by atoms with Gasteiger partial charge in [0, 0.05) is 12.6 Å². The van der Waals surface area contributed by atoms with Gasteiger partial charge in [0.2, 0.25) is 0 Å². The topological polar surface area (TPSA) is 42.2 Å². The number of nitrogens with one attached hydrogen (secondary N) is 1. The number of fused-ring (bicyclic) bond motifs is 1. The van der Waals surface area contributed by atoms with Gasteiger partial charge < -0.3 is 9.73 Å². The highest BCUT2D eigenvalue weighted by molar-refractivity contribution is 5.64. The molecule has 0 amide bonds. The lowest BCUT2D eigenvalue weighted by molar-refractivity contribution is 0.442. The van der Waals surface area contributed by atoms with Gasteiger partial charge in [0.15, 0.2) is 11.3 Å². The van der Waals surface area contributed by atoms with E-state index in [0.717, 1.165) is 23.4 Å². The summed E-state index contributed by atoms with van der Waals surface area (Å²) < 4.78 is 5.93. The summed E-state index contributed by atoms with van der Waals surface area (Å²) in [6, 6.07) is 5.87. The molecule has 2 aliphatic carbocycles. The average Bonchev–Trinajstić information content (AvgIpc) is 2.54. The van der Waals surface area contributed by atoms with Crippen LogP contribution in [0.15, 0.2) is 27.4 Å². The standard InChI is InChI=1S/C18H23NO2/c1-3-12-9-15-16(20)10-14(13-7-5-4-6-8-13)11-17(15)21-18(12)19-2/h9-11,13,19H,3-8H2,1-2H3. The van der Waals surface area contributed by atoms with Gasteiger partial charge in [-0.05, 0) is 48.9 Å². The van der Waals surface area contributed by atoms with Crippen LogP contribution in [-0.2, 0) is 6.42 Å². The van der Waals surface area contributed by atoms with Crippen LogP contribution < -0.4 is 10.7 Å². The van der Waals surface area contributed by atoms with E-state index in [4.69, 9.17) is 4.42 Å². The van der Waals surface area contributed by atoms with Crippen LogP contribution in [0.3, 0.4) is 0 Å². The molecule has 0 aromatic rings. The molecule has 0 aromatic carbocycles. The Morgan fingerprint density at radius 1 is 1.19 bits per heavy atom. The Kier molecular flexibility index (Phi) is 4.00. The van der Waals surface area contributed by atoms with Crippen LogP contribution in [0.2, 0.25) is 0 Å². The zero-order chi connectivity index (χ0) is 14.8. The highest BCUT2D eigenvalue weighted by Crippen LogP contribution is 2.35. The van der Waals surface area contributed by atoms with Crippen LogP contribution in [0.5, 0.6) is 0 Å². The quantitative estimate of drug-likeness (QED) is 0.909. The second-order valence-electron chi connectivity index (χ2n) is 5.97. The van der Waals surface area contributed by atoms with Crippen molar-refractivity contribution in [2.45, 2.75) is 51.4 Å². The summed E-state index contributed by atoms with van der Waals surface area (Å²) in [5, 5.41) is 3.09. The molecule has 1 saturated carbocycles. The molecule has 0 bridgehead atoms. The lowest BCUT2D eigenvalue weighted by Crippen LogP contribution is -2.12. The molecule has 1 fully saturated rings. The van der Waals surface area contributed by atoms with Crippen LogP contribution in [0.25, 0.3) is 11.3 Å². The second kappa shape index (κ2) is 5.92. The maximum atomic E-state index is 12.4. The number of aryl methyl sites for hydroxylation is 1. The van der Waals surface area contributed by atoms with Gasteiger partial charge >= 0.3 is 0 Å². The van der Waals surface area contributed by atoms with Crippen LogP contribution in [-0.4, -0.2) is 7.05 Å². The Morgan fingerprint density at radius 2 is 1.95 bits per heavy atom. The van der Waals surface area contributed by atoms with E-state index in [2.05, 4.69) is 18.3 Å². The first-order valence-corrected chi connectivity index (χ1v) is 8.01. The van der Waals surface area contributed by atoms with Gasteiger partial charge in [-0.1, -0.05) is 26.2 Å². The van der Waals surface area contributed by atoms with Crippen LogP contribution in [0.1, 0.15) is 56.1 Å². The molecule has 0 atom stereocenters. The minimum absolute atomic E-state index is 0.0918. The predicted octanol–water partition coefficient (Wildman–Crippen LogP) is 4.40. The first-order valence-electron chi connectivity index (χ1n) is 8.01. The summed E-state index contributed by atoms with van der Waals surface area (Å²) >= 11 is 0. The van der Waals surface area contributed by atoms with Crippen molar-refractivity contribution in [1.29, 1.82) is 0 Å². The first kappa shape index (κ1) is 14.2. The summed E-state index contributed by atoms with van der Waals surface area (Å²) in [6.07, 6.45) is 7.09. The third-order valence-corrected chi connectivity index (χ3v) is 4.63. The molecule has 3 rings (SSSR count). The first-order chi connectivity index (χ1) is 10.2. The van der Waals surface area contributed by atoms with Gasteiger partial charge in [-0.3, -0.25) is 4.79 Å². The summed E-state index contributed by atoms with van der Waals surface area (Å²) in [5.41, 5.74) is 2.99. The van der Waals surface area contributed by atoms with E-state index in [1.807, 2.05) is 19.2 Å². The highest BCUT2D eigenvalue weighted by Gasteiger charge is 2.20. The molecule has 0 aromatic heterocycles. The summed E-state index contributed by atoms with van der Waals surface area (Å²) in [7, 11) is 1.85. The van der Waals surface area contributed by atoms with E-state index in [9.17, 15) is 4.79 Å².